The normalized spacial score (nSPS) is 9.67. The fourth-order valence-electron chi connectivity index (χ4n) is 1.67. The lowest BCUT2D eigenvalue weighted by molar-refractivity contribution is 0.102. The first kappa shape index (κ1) is 14.7. The molecule has 1 amide bonds. The Labute approximate surface area is 120 Å². The maximum Gasteiger partial charge on any atom is 0.255 e. The lowest BCUT2D eigenvalue weighted by Gasteiger charge is -2.08. The van der Waals surface area contributed by atoms with Crippen molar-refractivity contribution in [2.75, 3.05) is 11.9 Å². The largest absolute Gasteiger partial charge is 0.321 e. The number of halogens is 2. The molecule has 2 aromatic carbocycles. The number of nitrogens with one attached hydrogen (secondary N) is 1. The van der Waals surface area contributed by atoms with Gasteiger partial charge < -0.3 is 11.1 Å². The second-order valence-corrected chi connectivity index (χ2v) is 4.16. The highest BCUT2D eigenvalue weighted by atomic mass is 19.1. The van der Waals surface area contributed by atoms with Crippen LogP contribution in [0.15, 0.2) is 42.5 Å². The van der Waals surface area contributed by atoms with Crippen molar-refractivity contribution >= 4 is 11.6 Å². The Kier molecular flexibility index (Phi) is 4.64. The Morgan fingerprint density at radius 2 is 1.76 bits per heavy atom. The van der Waals surface area contributed by atoms with Crippen LogP contribution in [0, 0.1) is 23.5 Å². The van der Waals surface area contributed by atoms with Crippen LogP contribution < -0.4 is 11.1 Å². The van der Waals surface area contributed by atoms with Crippen molar-refractivity contribution in [2.45, 2.75) is 0 Å². The number of nitrogens with two attached hydrogens (primary N) is 1. The summed E-state index contributed by atoms with van der Waals surface area (Å²) in [5.41, 5.74) is 6.27. The molecule has 0 aliphatic heterocycles. The summed E-state index contributed by atoms with van der Waals surface area (Å²) < 4.78 is 26.0. The molecule has 21 heavy (non-hydrogen) atoms. The molecule has 0 radical (unpaired) electrons. The Morgan fingerprint density at radius 3 is 2.43 bits per heavy atom. The van der Waals surface area contributed by atoms with Gasteiger partial charge in [-0.3, -0.25) is 4.79 Å². The van der Waals surface area contributed by atoms with Gasteiger partial charge in [0.25, 0.3) is 5.91 Å². The first-order chi connectivity index (χ1) is 10.1. The van der Waals surface area contributed by atoms with Gasteiger partial charge in [-0.15, -0.1) is 0 Å². The smallest absolute Gasteiger partial charge is 0.255 e. The monoisotopic (exact) mass is 286 g/mol. The maximum absolute atomic E-state index is 13.2. The molecule has 3 nitrogen and oxygen atoms in total. The SMILES string of the molecule is NCC#Cc1cc(F)ccc1NC(=O)c1ccc(F)cc1. The molecule has 0 saturated heterocycles. The van der Waals surface area contributed by atoms with E-state index >= 15 is 0 Å². The lowest BCUT2D eigenvalue weighted by Crippen LogP contribution is -2.13. The summed E-state index contributed by atoms with van der Waals surface area (Å²) in [6.45, 7) is 0.127. The second kappa shape index (κ2) is 6.64. The van der Waals surface area contributed by atoms with Crippen LogP contribution in [0.4, 0.5) is 14.5 Å². The minimum absolute atomic E-state index is 0.127. The van der Waals surface area contributed by atoms with Crippen molar-refractivity contribution in [3.63, 3.8) is 0 Å². The highest BCUT2D eigenvalue weighted by Crippen LogP contribution is 2.17. The van der Waals surface area contributed by atoms with Crippen molar-refractivity contribution < 1.29 is 13.6 Å². The van der Waals surface area contributed by atoms with Gasteiger partial charge in [0.15, 0.2) is 0 Å². The second-order valence-electron chi connectivity index (χ2n) is 4.16. The molecular formula is C16H12F2N2O. The van der Waals surface area contributed by atoms with E-state index in [1.165, 1.54) is 42.5 Å². The first-order valence-corrected chi connectivity index (χ1v) is 6.15. The van der Waals surface area contributed by atoms with Gasteiger partial charge in [0.2, 0.25) is 0 Å². The average Bonchev–Trinajstić information content (AvgIpc) is 2.48. The molecule has 0 atom stereocenters. The zero-order valence-corrected chi connectivity index (χ0v) is 11.0. The average molecular weight is 286 g/mol. The predicted octanol–water partition coefficient (Wildman–Crippen LogP) is 2.53. The molecule has 0 aliphatic carbocycles. The predicted molar refractivity (Wildman–Crippen MR) is 76.7 cm³/mol. The van der Waals surface area contributed by atoms with Crippen molar-refractivity contribution in [3.05, 3.63) is 65.2 Å². The summed E-state index contributed by atoms with van der Waals surface area (Å²) in [4.78, 5) is 12.0. The van der Waals surface area contributed by atoms with Gasteiger partial charge in [-0.1, -0.05) is 11.8 Å². The topological polar surface area (TPSA) is 55.1 Å². The molecule has 0 saturated carbocycles. The number of carbonyl (C=O) groups is 1. The highest BCUT2D eigenvalue weighted by molar-refractivity contribution is 6.04. The molecule has 0 aromatic heterocycles. The molecular weight excluding hydrogens is 274 g/mol. The van der Waals surface area contributed by atoms with Crippen LogP contribution in [-0.2, 0) is 0 Å². The van der Waals surface area contributed by atoms with Crippen LogP contribution in [0.1, 0.15) is 15.9 Å². The van der Waals surface area contributed by atoms with Gasteiger partial charge in [0, 0.05) is 5.56 Å². The molecule has 2 aromatic rings. The molecule has 0 heterocycles. The fourth-order valence-corrected chi connectivity index (χ4v) is 1.67. The van der Waals surface area contributed by atoms with E-state index in [0.717, 1.165) is 0 Å². The Bertz CT molecular complexity index is 715. The fraction of sp³-hybridized carbons (Fsp3) is 0.0625. The van der Waals surface area contributed by atoms with Crippen molar-refractivity contribution in [1.82, 2.24) is 0 Å². The standard InChI is InChI=1S/C16H12F2N2O/c17-13-5-3-11(4-6-13)16(21)20-15-8-7-14(18)10-12(15)2-1-9-19/h3-8,10H,9,19H2,(H,20,21). The minimum atomic E-state index is -0.462. The van der Waals surface area contributed by atoms with Crippen LogP contribution >= 0.6 is 0 Å². The van der Waals surface area contributed by atoms with E-state index in [1.807, 2.05) is 0 Å². The summed E-state index contributed by atoms with van der Waals surface area (Å²) in [5.74, 6) is 3.97. The zero-order chi connectivity index (χ0) is 15.2. The Balaban J connectivity index is 2.26. The zero-order valence-electron chi connectivity index (χ0n) is 11.0. The number of amides is 1. The number of carbonyl (C=O) groups excluding carboxylic acids is 1. The third kappa shape index (κ3) is 3.88. The van der Waals surface area contributed by atoms with E-state index in [4.69, 9.17) is 5.73 Å². The molecule has 0 spiro atoms. The van der Waals surface area contributed by atoms with Crippen LogP contribution in [-0.4, -0.2) is 12.5 Å². The maximum atomic E-state index is 13.2. The molecule has 0 bridgehead atoms. The third-order valence-electron chi connectivity index (χ3n) is 2.66. The summed E-state index contributed by atoms with van der Waals surface area (Å²) in [6.07, 6.45) is 0. The Morgan fingerprint density at radius 1 is 1.10 bits per heavy atom. The van der Waals surface area contributed by atoms with E-state index in [9.17, 15) is 13.6 Å². The number of benzene rings is 2. The number of rotatable bonds is 2. The quantitative estimate of drug-likeness (QED) is 0.834. The summed E-state index contributed by atoms with van der Waals surface area (Å²) in [7, 11) is 0. The van der Waals surface area contributed by atoms with Crippen molar-refractivity contribution in [2.24, 2.45) is 5.73 Å². The van der Waals surface area contributed by atoms with Gasteiger partial charge >= 0.3 is 0 Å². The van der Waals surface area contributed by atoms with Gasteiger partial charge in [-0.2, -0.15) is 0 Å². The third-order valence-corrected chi connectivity index (χ3v) is 2.66. The summed E-state index contributed by atoms with van der Waals surface area (Å²) in [5, 5.41) is 2.61. The molecule has 3 N–H and O–H groups in total. The van der Waals surface area contributed by atoms with Crippen molar-refractivity contribution in [3.8, 4) is 11.8 Å². The van der Waals surface area contributed by atoms with E-state index < -0.39 is 17.5 Å². The number of hydrogen-bond acceptors (Lipinski definition) is 2. The molecule has 0 fully saturated rings. The van der Waals surface area contributed by atoms with Crippen LogP contribution in [0.2, 0.25) is 0 Å². The van der Waals surface area contributed by atoms with E-state index in [-0.39, 0.29) is 6.54 Å². The van der Waals surface area contributed by atoms with E-state index in [1.54, 1.807) is 0 Å². The minimum Gasteiger partial charge on any atom is -0.321 e. The first-order valence-electron chi connectivity index (χ1n) is 6.15. The molecule has 0 unspecified atom stereocenters. The number of anilines is 1. The van der Waals surface area contributed by atoms with Crippen LogP contribution in [0.5, 0.6) is 0 Å². The van der Waals surface area contributed by atoms with Gasteiger partial charge in [0.05, 0.1) is 17.8 Å². The summed E-state index contributed by atoms with van der Waals surface area (Å²) >= 11 is 0. The lowest BCUT2D eigenvalue weighted by atomic mass is 10.1. The Hall–Kier alpha value is -2.71. The number of hydrogen-bond donors (Lipinski definition) is 2. The molecule has 106 valence electrons. The van der Waals surface area contributed by atoms with E-state index in [2.05, 4.69) is 17.2 Å². The van der Waals surface area contributed by atoms with Gasteiger partial charge in [-0.05, 0) is 42.5 Å². The van der Waals surface area contributed by atoms with E-state index in [0.29, 0.717) is 16.8 Å². The molecule has 0 aliphatic rings. The van der Waals surface area contributed by atoms with Crippen LogP contribution in [0.25, 0.3) is 0 Å². The van der Waals surface area contributed by atoms with Gasteiger partial charge in [0.1, 0.15) is 11.6 Å². The van der Waals surface area contributed by atoms with Gasteiger partial charge in [-0.25, -0.2) is 8.78 Å². The summed E-state index contributed by atoms with van der Waals surface area (Å²) in [6, 6.07) is 8.94. The van der Waals surface area contributed by atoms with Crippen molar-refractivity contribution in [1.29, 1.82) is 0 Å². The molecule has 5 heteroatoms. The molecule has 2 rings (SSSR count). The van der Waals surface area contributed by atoms with Crippen LogP contribution in [0.3, 0.4) is 0 Å². The highest BCUT2D eigenvalue weighted by Gasteiger charge is 2.09.